The highest BCUT2D eigenvalue weighted by Crippen LogP contribution is 2.46. The fourth-order valence-electron chi connectivity index (χ4n) is 4.77. The largest absolute Gasteiger partial charge is 0.467 e. The molecule has 0 fully saturated rings. The zero-order valence-corrected chi connectivity index (χ0v) is 21.1. The Morgan fingerprint density at radius 1 is 0.727 bits per heavy atom. The topological polar surface area (TPSA) is 36.9 Å². The molecule has 0 saturated carbocycles. The van der Waals surface area contributed by atoms with Crippen molar-refractivity contribution in [3.05, 3.63) is 35.4 Å². The van der Waals surface area contributed by atoms with Crippen LogP contribution in [0.15, 0.2) is 24.3 Å². The average Bonchev–Trinajstić information content (AvgIpc) is 2.84. The van der Waals surface area contributed by atoms with Crippen molar-refractivity contribution in [2.45, 2.75) is 91.4 Å². The zero-order chi connectivity index (χ0) is 23.3. The quantitative estimate of drug-likeness (QED) is 0.190. The second kappa shape index (κ2) is 14.5. The summed E-state index contributed by atoms with van der Waals surface area (Å²) in [5.74, 6) is 2.70. The molecule has 0 radical (unpaired) electrons. The van der Waals surface area contributed by atoms with Crippen LogP contribution in [0.2, 0.25) is 0 Å². The molecule has 0 saturated heterocycles. The van der Waals surface area contributed by atoms with E-state index >= 15 is 0 Å². The number of benzene rings is 2. The second-order valence-corrected chi connectivity index (χ2v) is 9.31. The van der Waals surface area contributed by atoms with E-state index in [-0.39, 0.29) is 0 Å². The maximum absolute atomic E-state index is 6.34. The van der Waals surface area contributed by atoms with Crippen molar-refractivity contribution in [3.63, 3.8) is 0 Å². The van der Waals surface area contributed by atoms with Crippen LogP contribution >= 0.6 is 0 Å². The zero-order valence-electron chi connectivity index (χ0n) is 21.1. The fraction of sp³-hybridized carbons (Fsp3) is 0.655. The lowest BCUT2D eigenvalue weighted by atomic mass is 9.79. The van der Waals surface area contributed by atoms with Gasteiger partial charge in [-0.25, -0.2) is 0 Å². The second-order valence-electron chi connectivity index (χ2n) is 9.31. The van der Waals surface area contributed by atoms with Gasteiger partial charge in [0.25, 0.3) is 0 Å². The van der Waals surface area contributed by atoms with Crippen molar-refractivity contribution in [2.24, 2.45) is 5.92 Å². The highest BCUT2D eigenvalue weighted by atomic mass is 16.7. The van der Waals surface area contributed by atoms with E-state index in [0.29, 0.717) is 19.5 Å². The van der Waals surface area contributed by atoms with Gasteiger partial charge in [-0.3, -0.25) is 0 Å². The first kappa shape index (κ1) is 25.8. The molecule has 33 heavy (non-hydrogen) atoms. The predicted molar refractivity (Wildman–Crippen MR) is 136 cm³/mol. The van der Waals surface area contributed by atoms with E-state index in [1.807, 2.05) is 0 Å². The monoisotopic (exact) mass is 456 g/mol. The van der Waals surface area contributed by atoms with Crippen molar-refractivity contribution in [1.29, 1.82) is 0 Å². The van der Waals surface area contributed by atoms with E-state index in [9.17, 15) is 0 Å². The van der Waals surface area contributed by atoms with Crippen LogP contribution in [0, 0.1) is 5.92 Å². The Morgan fingerprint density at radius 2 is 1.30 bits per heavy atom. The van der Waals surface area contributed by atoms with Crippen molar-refractivity contribution < 1.29 is 18.9 Å². The molecular weight excluding hydrogens is 412 g/mol. The average molecular weight is 457 g/mol. The fourth-order valence-corrected chi connectivity index (χ4v) is 4.77. The van der Waals surface area contributed by atoms with E-state index < -0.39 is 0 Å². The predicted octanol–water partition coefficient (Wildman–Crippen LogP) is 7.83. The molecule has 3 rings (SSSR count). The lowest BCUT2D eigenvalue weighted by Gasteiger charge is -2.30. The molecule has 1 aliphatic rings. The van der Waals surface area contributed by atoms with Gasteiger partial charge < -0.3 is 18.9 Å². The summed E-state index contributed by atoms with van der Waals surface area (Å²) >= 11 is 0. The SMILES string of the molecule is CCCCCC1CCc2c(c(OCOCCCC)c3ccccc3c2OCOCCCC)C1. The molecule has 2 aromatic rings. The Labute approximate surface area is 200 Å². The molecule has 0 bridgehead atoms. The first-order valence-corrected chi connectivity index (χ1v) is 13.3. The summed E-state index contributed by atoms with van der Waals surface area (Å²) < 4.78 is 24.2. The van der Waals surface area contributed by atoms with E-state index in [1.54, 1.807) is 0 Å². The van der Waals surface area contributed by atoms with E-state index in [2.05, 4.69) is 45.0 Å². The first-order valence-electron chi connectivity index (χ1n) is 13.3. The lowest BCUT2D eigenvalue weighted by Crippen LogP contribution is -2.18. The number of unbranched alkanes of at least 4 members (excludes halogenated alkanes) is 4. The summed E-state index contributed by atoms with van der Waals surface area (Å²) in [5, 5.41) is 2.23. The third-order valence-electron chi connectivity index (χ3n) is 6.70. The molecule has 0 aromatic heterocycles. The van der Waals surface area contributed by atoms with E-state index in [4.69, 9.17) is 18.9 Å². The van der Waals surface area contributed by atoms with Crippen molar-refractivity contribution in [2.75, 3.05) is 26.8 Å². The molecule has 184 valence electrons. The Bertz CT molecular complexity index is 832. The summed E-state index contributed by atoms with van der Waals surface area (Å²) in [4.78, 5) is 0. The molecule has 2 aromatic carbocycles. The molecule has 0 spiro atoms. The molecule has 0 N–H and O–H groups in total. The third kappa shape index (κ3) is 7.35. The van der Waals surface area contributed by atoms with Gasteiger partial charge in [-0.2, -0.15) is 0 Å². The van der Waals surface area contributed by atoms with Crippen LogP contribution < -0.4 is 9.47 Å². The number of rotatable bonds is 16. The highest BCUT2D eigenvalue weighted by Gasteiger charge is 2.28. The molecule has 0 heterocycles. The van der Waals surface area contributed by atoms with Gasteiger partial charge in [0.1, 0.15) is 11.5 Å². The van der Waals surface area contributed by atoms with Gasteiger partial charge in [-0.15, -0.1) is 0 Å². The number of ether oxygens (including phenoxy) is 4. The van der Waals surface area contributed by atoms with E-state index in [0.717, 1.165) is 74.0 Å². The Hall–Kier alpha value is -1.78. The lowest BCUT2D eigenvalue weighted by molar-refractivity contribution is 0.0119. The van der Waals surface area contributed by atoms with Gasteiger partial charge in [0, 0.05) is 21.9 Å². The van der Waals surface area contributed by atoms with Gasteiger partial charge >= 0.3 is 0 Å². The molecule has 1 aliphatic carbocycles. The van der Waals surface area contributed by atoms with Crippen LogP contribution in [0.4, 0.5) is 0 Å². The highest BCUT2D eigenvalue weighted by molar-refractivity contribution is 5.96. The van der Waals surface area contributed by atoms with Gasteiger partial charge in [-0.05, 0) is 38.0 Å². The smallest absolute Gasteiger partial charge is 0.189 e. The number of hydrogen-bond donors (Lipinski definition) is 0. The third-order valence-corrected chi connectivity index (χ3v) is 6.70. The minimum atomic E-state index is 0.302. The van der Waals surface area contributed by atoms with Crippen molar-refractivity contribution >= 4 is 10.8 Å². The van der Waals surface area contributed by atoms with E-state index in [1.165, 1.54) is 43.2 Å². The Balaban J connectivity index is 1.88. The molecule has 1 atom stereocenters. The normalized spacial score (nSPS) is 15.5. The van der Waals surface area contributed by atoms with Crippen LogP contribution in [0.1, 0.15) is 89.7 Å². The minimum absolute atomic E-state index is 0.302. The van der Waals surface area contributed by atoms with Gasteiger partial charge in [0.2, 0.25) is 0 Å². The molecular formula is C29H44O4. The number of hydrogen-bond acceptors (Lipinski definition) is 4. The summed E-state index contributed by atoms with van der Waals surface area (Å²) in [6.45, 7) is 8.72. The molecule has 1 unspecified atom stereocenters. The summed E-state index contributed by atoms with van der Waals surface area (Å²) in [7, 11) is 0. The van der Waals surface area contributed by atoms with Crippen molar-refractivity contribution in [1.82, 2.24) is 0 Å². The number of fused-ring (bicyclic) bond motifs is 2. The standard InChI is InChI=1S/C29H44O4/c1-4-7-10-13-23-16-17-26-27(20-23)29(33-22-31-19-9-6-3)25-15-12-11-14-24(25)28(26)32-21-30-18-8-5-2/h11-12,14-15,23H,4-10,13,16-22H2,1-3H3. The van der Waals surface area contributed by atoms with Crippen molar-refractivity contribution in [3.8, 4) is 11.5 Å². The minimum Gasteiger partial charge on any atom is -0.467 e. The van der Waals surface area contributed by atoms with Gasteiger partial charge in [0.05, 0.1) is 13.2 Å². The molecule has 0 amide bonds. The van der Waals surface area contributed by atoms with Crippen LogP contribution in [-0.4, -0.2) is 26.8 Å². The first-order chi connectivity index (χ1) is 16.3. The van der Waals surface area contributed by atoms with Crippen LogP contribution in [0.3, 0.4) is 0 Å². The summed E-state index contributed by atoms with van der Waals surface area (Å²) in [5.41, 5.74) is 2.63. The van der Waals surface area contributed by atoms with Gasteiger partial charge in [0.15, 0.2) is 13.6 Å². The molecule has 4 heteroatoms. The van der Waals surface area contributed by atoms with Crippen LogP contribution in [0.5, 0.6) is 11.5 Å². The van der Waals surface area contributed by atoms with Gasteiger partial charge in [-0.1, -0.05) is 83.6 Å². The maximum Gasteiger partial charge on any atom is 0.189 e. The summed E-state index contributed by atoms with van der Waals surface area (Å²) in [6.07, 6.45) is 12.9. The molecule has 0 aliphatic heterocycles. The molecule has 4 nitrogen and oxygen atoms in total. The Kier molecular flexibility index (Phi) is 11.3. The maximum atomic E-state index is 6.34. The summed E-state index contributed by atoms with van der Waals surface area (Å²) in [6, 6.07) is 8.47. The van der Waals surface area contributed by atoms with Crippen LogP contribution in [0.25, 0.3) is 10.8 Å². The Morgan fingerprint density at radius 3 is 1.88 bits per heavy atom. The van der Waals surface area contributed by atoms with Crippen LogP contribution in [-0.2, 0) is 22.3 Å².